The van der Waals surface area contributed by atoms with E-state index in [0.29, 0.717) is 29.2 Å². The van der Waals surface area contributed by atoms with E-state index < -0.39 is 12.1 Å². The quantitative estimate of drug-likeness (QED) is 0.662. The summed E-state index contributed by atoms with van der Waals surface area (Å²) in [5.41, 5.74) is 1.99. The van der Waals surface area contributed by atoms with Crippen molar-refractivity contribution >= 4 is 23.2 Å². The van der Waals surface area contributed by atoms with Crippen LogP contribution in [0.1, 0.15) is 30.9 Å². The highest BCUT2D eigenvalue weighted by Crippen LogP contribution is 2.32. The van der Waals surface area contributed by atoms with E-state index in [1.165, 1.54) is 37.4 Å². The average molecular weight is 463 g/mol. The van der Waals surface area contributed by atoms with Crippen molar-refractivity contribution in [3.63, 3.8) is 0 Å². The van der Waals surface area contributed by atoms with Crippen molar-refractivity contribution < 1.29 is 32.2 Å². The van der Waals surface area contributed by atoms with E-state index in [2.05, 4.69) is 5.10 Å². The van der Waals surface area contributed by atoms with Crippen LogP contribution >= 0.6 is 0 Å². The lowest BCUT2D eigenvalue weighted by molar-refractivity contribution is -0.167. The first-order valence-corrected chi connectivity index (χ1v) is 10.2. The second-order valence-electron chi connectivity index (χ2n) is 7.47. The Hall–Kier alpha value is -3.56. The van der Waals surface area contributed by atoms with E-state index in [1.807, 2.05) is 18.3 Å². The van der Waals surface area contributed by atoms with Crippen LogP contribution in [0.3, 0.4) is 0 Å². The second-order valence-corrected chi connectivity index (χ2v) is 7.47. The summed E-state index contributed by atoms with van der Waals surface area (Å²) in [4.78, 5) is 23.9. The molecule has 0 fully saturated rings. The molecule has 0 spiro atoms. The Morgan fingerprint density at radius 1 is 1.15 bits per heavy atom. The smallest absolute Gasteiger partial charge is 0.471 e. The SMILES string of the molecule is CCC1CC(=O)N(Cc2cccc(NC(=O)C(F)(F)F)c2)N=C1c1ccc(OC)c(OC)c1. The van der Waals surface area contributed by atoms with Gasteiger partial charge in [-0.2, -0.15) is 18.3 Å². The fourth-order valence-electron chi connectivity index (χ4n) is 3.55. The number of carbonyl (C=O) groups excluding carboxylic acids is 2. The molecule has 3 rings (SSSR count). The molecule has 0 bridgehead atoms. The molecule has 1 heterocycles. The highest BCUT2D eigenvalue weighted by molar-refractivity contribution is 6.06. The molecule has 1 atom stereocenters. The largest absolute Gasteiger partial charge is 0.493 e. The van der Waals surface area contributed by atoms with Gasteiger partial charge >= 0.3 is 12.1 Å². The van der Waals surface area contributed by atoms with Crippen LogP contribution in [0.2, 0.25) is 0 Å². The molecule has 0 aliphatic carbocycles. The molecular weight excluding hydrogens is 439 g/mol. The van der Waals surface area contributed by atoms with Gasteiger partial charge in [0.2, 0.25) is 5.91 Å². The molecule has 0 aromatic heterocycles. The monoisotopic (exact) mass is 463 g/mol. The number of benzene rings is 2. The average Bonchev–Trinajstić information content (AvgIpc) is 2.79. The van der Waals surface area contributed by atoms with E-state index in [-0.39, 0.29) is 30.5 Å². The third-order valence-corrected chi connectivity index (χ3v) is 5.27. The molecule has 0 radical (unpaired) electrons. The maximum absolute atomic E-state index is 12.7. The second kappa shape index (κ2) is 9.93. The zero-order valence-electron chi connectivity index (χ0n) is 18.4. The predicted octanol–water partition coefficient (Wildman–Crippen LogP) is 4.37. The molecule has 1 aliphatic heterocycles. The minimum absolute atomic E-state index is 0.0187. The van der Waals surface area contributed by atoms with Crippen molar-refractivity contribution in [1.82, 2.24) is 5.01 Å². The van der Waals surface area contributed by atoms with Gasteiger partial charge in [0.15, 0.2) is 11.5 Å². The Balaban J connectivity index is 1.88. The Morgan fingerprint density at radius 3 is 2.52 bits per heavy atom. The van der Waals surface area contributed by atoms with Gasteiger partial charge in [-0.25, -0.2) is 5.01 Å². The molecule has 2 aromatic carbocycles. The van der Waals surface area contributed by atoms with Gasteiger partial charge in [0, 0.05) is 23.6 Å². The number of nitrogens with zero attached hydrogens (tertiary/aromatic N) is 2. The van der Waals surface area contributed by atoms with Crippen molar-refractivity contribution in [2.45, 2.75) is 32.5 Å². The van der Waals surface area contributed by atoms with E-state index in [4.69, 9.17) is 9.47 Å². The number of hydrogen-bond donors (Lipinski definition) is 1. The fraction of sp³-hybridized carbons (Fsp3) is 0.348. The van der Waals surface area contributed by atoms with Crippen molar-refractivity contribution in [2.24, 2.45) is 11.0 Å². The van der Waals surface area contributed by atoms with Crippen molar-refractivity contribution in [3.05, 3.63) is 53.6 Å². The molecule has 176 valence electrons. The molecular formula is C23H24F3N3O4. The Morgan fingerprint density at radius 2 is 1.88 bits per heavy atom. The van der Waals surface area contributed by atoms with Crippen LogP contribution in [0.5, 0.6) is 11.5 Å². The van der Waals surface area contributed by atoms with Gasteiger partial charge in [-0.1, -0.05) is 19.1 Å². The summed E-state index contributed by atoms with van der Waals surface area (Å²) in [6, 6.07) is 11.3. The minimum atomic E-state index is -4.99. The van der Waals surface area contributed by atoms with Crippen LogP contribution in [0.15, 0.2) is 47.6 Å². The van der Waals surface area contributed by atoms with E-state index in [9.17, 15) is 22.8 Å². The van der Waals surface area contributed by atoms with Crippen molar-refractivity contribution in [1.29, 1.82) is 0 Å². The lowest BCUT2D eigenvalue weighted by Gasteiger charge is -2.29. The normalized spacial score (nSPS) is 16.3. The number of methoxy groups -OCH3 is 2. The van der Waals surface area contributed by atoms with Gasteiger partial charge in [0.05, 0.1) is 26.5 Å². The fourth-order valence-corrected chi connectivity index (χ4v) is 3.55. The number of carbonyl (C=O) groups is 2. The molecule has 2 amide bonds. The van der Waals surface area contributed by atoms with Gasteiger partial charge in [-0.3, -0.25) is 9.59 Å². The number of halogens is 3. The highest BCUT2D eigenvalue weighted by atomic mass is 19.4. The van der Waals surface area contributed by atoms with E-state index in [0.717, 1.165) is 5.56 Å². The van der Waals surface area contributed by atoms with Gasteiger partial charge in [-0.05, 0) is 42.3 Å². The topological polar surface area (TPSA) is 80.2 Å². The van der Waals surface area contributed by atoms with Crippen LogP contribution in [0, 0.1) is 5.92 Å². The molecule has 1 aliphatic rings. The summed E-state index contributed by atoms with van der Waals surface area (Å²) >= 11 is 0. The molecule has 10 heteroatoms. The maximum atomic E-state index is 12.7. The molecule has 1 N–H and O–H groups in total. The Bertz CT molecular complexity index is 1070. The van der Waals surface area contributed by atoms with Crippen molar-refractivity contribution in [2.75, 3.05) is 19.5 Å². The molecule has 2 aromatic rings. The number of alkyl halides is 3. The summed E-state index contributed by atoms with van der Waals surface area (Å²) in [5.74, 6) is -1.26. The maximum Gasteiger partial charge on any atom is 0.471 e. The van der Waals surface area contributed by atoms with E-state index in [1.54, 1.807) is 18.2 Å². The van der Waals surface area contributed by atoms with E-state index >= 15 is 0 Å². The van der Waals surface area contributed by atoms with Crippen LogP contribution in [0.4, 0.5) is 18.9 Å². The first-order chi connectivity index (χ1) is 15.7. The number of ether oxygens (including phenoxy) is 2. The summed E-state index contributed by atoms with van der Waals surface area (Å²) in [6.07, 6.45) is -4.05. The molecule has 33 heavy (non-hydrogen) atoms. The number of hydrogen-bond acceptors (Lipinski definition) is 5. The first kappa shape index (κ1) is 24.1. The number of anilines is 1. The zero-order chi connectivity index (χ0) is 24.2. The third kappa shape index (κ3) is 5.63. The Labute approximate surface area is 189 Å². The Kier molecular flexibility index (Phi) is 7.25. The number of nitrogens with one attached hydrogen (secondary N) is 1. The van der Waals surface area contributed by atoms with Gasteiger partial charge in [-0.15, -0.1) is 0 Å². The van der Waals surface area contributed by atoms with Crippen molar-refractivity contribution in [3.8, 4) is 11.5 Å². The van der Waals surface area contributed by atoms with Crippen LogP contribution in [0.25, 0.3) is 0 Å². The summed E-state index contributed by atoms with van der Waals surface area (Å²) in [7, 11) is 3.07. The van der Waals surface area contributed by atoms with Crippen LogP contribution in [-0.4, -0.2) is 42.9 Å². The summed E-state index contributed by atoms with van der Waals surface area (Å²) in [6.45, 7) is 2.01. The van der Waals surface area contributed by atoms with Gasteiger partial charge < -0.3 is 14.8 Å². The molecule has 0 saturated carbocycles. The standard InChI is InChI=1S/C23H24F3N3O4/c1-4-15-12-20(30)29(28-21(15)16-8-9-18(32-2)19(11-16)33-3)13-14-6-5-7-17(10-14)27-22(31)23(24,25)26/h5-11,15H,4,12-13H2,1-3H3,(H,27,31). The van der Waals surface area contributed by atoms with Gasteiger partial charge in [0.25, 0.3) is 0 Å². The predicted molar refractivity (Wildman–Crippen MR) is 116 cm³/mol. The highest BCUT2D eigenvalue weighted by Gasteiger charge is 2.38. The molecule has 7 nitrogen and oxygen atoms in total. The van der Waals surface area contributed by atoms with Crippen LogP contribution < -0.4 is 14.8 Å². The number of rotatable bonds is 7. The third-order valence-electron chi connectivity index (χ3n) is 5.27. The lowest BCUT2D eigenvalue weighted by atomic mass is 9.89. The summed E-state index contributed by atoms with van der Waals surface area (Å²) in [5, 5.41) is 7.69. The summed E-state index contributed by atoms with van der Waals surface area (Å²) < 4.78 is 48.3. The number of hydrazone groups is 1. The lowest BCUT2D eigenvalue weighted by Crippen LogP contribution is -2.36. The minimum Gasteiger partial charge on any atom is -0.493 e. The number of amides is 2. The van der Waals surface area contributed by atoms with Gasteiger partial charge in [0.1, 0.15) is 0 Å². The molecule has 1 unspecified atom stereocenters. The molecule has 0 saturated heterocycles. The zero-order valence-corrected chi connectivity index (χ0v) is 18.4. The first-order valence-electron chi connectivity index (χ1n) is 10.2. The van der Waals surface area contributed by atoms with Crippen LogP contribution in [-0.2, 0) is 16.1 Å².